The number of rotatable bonds is 7. The van der Waals surface area contributed by atoms with Gasteiger partial charge in [0.2, 0.25) is 0 Å². The van der Waals surface area contributed by atoms with Crippen molar-refractivity contribution in [2.75, 3.05) is 34.7 Å². The molecule has 1 unspecified atom stereocenters. The van der Waals surface area contributed by atoms with Crippen LogP contribution in [0.25, 0.3) is 0 Å². The predicted octanol–water partition coefficient (Wildman–Crippen LogP) is 3.53. The number of nitrogens with zero attached hydrogens (tertiary/aromatic N) is 5. The Morgan fingerprint density at radius 3 is 2.56 bits per heavy atom. The van der Waals surface area contributed by atoms with Crippen LogP contribution in [-0.2, 0) is 13.6 Å². The maximum atomic E-state index is 4.60. The lowest BCUT2D eigenvalue weighted by Gasteiger charge is -2.27. The van der Waals surface area contributed by atoms with E-state index in [-0.39, 0.29) is 24.0 Å². The topological polar surface area (TPSA) is 48.7 Å². The molecule has 1 atom stereocenters. The highest BCUT2D eigenvalue weighted by molar-refractivity contribution is 14.0. The first-order valence-electron chi connectivity index (χ1n) is 8.97. The minimum Gasteiger partial charge on any atom is -0.354 e. The Morgan fingerprint density at radius 2 is 2.04 bits per heavy atom. The summed E-state index contributed by atoms with van der Waals surface area (Å²) in [6.45, 7) is 5.96. The maximum absolute atomic E-state index is 4.60. The summed E-state index contributed by atoms with van der Waals surface area (Å²) >= 11 is 1.79. The van der Waals surface area contributed by atoms with Crippen molar-refractivity contribution in [3.8, 4) is 0 Å². The van der Waals surface area contributed by atoms with Crippen molar-refractivity contribution in [2.24, 2.45) is 12.0 Å². The molecule has 0 fully saturated rings. The highest BCUT2D eigenvalue weighted by Gasteiger charge is 2.18. The van der Waals surface area contributed by atoms with E-state index in [2.05, 4.69) is 83.9 Å². The predicted molar refractivity (Wildman–Crippen MR) is 126 cm³/mol. The smallest absolute Gasteiger partial charge is 0.193 e. The van der Waals surface area contributed by atoms with Gasteiger partial charge < -0.3 is 15.1 Å². The second kappa shape index (κ2) is 11.0. The van der Waals surface area contributed by atoms with E-state index >= 15 is 0 Å². The van der Waals surface area contributed by atoms with Crippen molar-refractivity contribution in [2.45, 2.75) is 32.4 Å². The third-order valence-electron chi connectivity index (χ3n) is 4.41. The fourth-order valence-electron chi connectivity index (χ4n) is 3.08. The summed E-state index contributed by atoms with van der Waals surface area (Å²) in [6, 6.07) is 4.62. The Hall–Kier alpha value is -1.13. The van der Waals surface area contributed by atoms with Crippen molar-refractivity contribution >= 4 is 41.3 Å². The molecule has 0 amide bonds. The Bertz CT molecular complexity index is 708. The van der Waals surface area contributed by atoms with Gasteiger partial charge in [0.25, 0.3) is 0 Å². The van der Waals surface area contributed by atoms with Gasteiger partial charge in [0.15, 0.2) is 5.96 Å². The van der Waals surface area contributed by atoms with E-state index in [1.807, 2.05) is 18.8 Å². The largest absolute Gasteiger partial charge is 0.354 e. The number of nitrogens with one attached hydrogen (secondary N) is 1. The molecule has 2 aromatic rings. The number of aliphatic imine (C=N–C) groups is 1. The highest BCUT2D eigenvalue weighted by Crippen LogP contribution is 2.22. The highest BCUT2D eigenvalue weighted by atomic mass is 127. The summed E-state index contributed by atoms with van der Waals surface area (Å²) in [5, 5.41) is 10.3. The van der Waals surface area contributed by atoms with Gasteiger partial charge in [0.1, 0.15) is 0 Å². The van der Waals surface area contributed by atoms with Crippen molar-refractivity contribution < 1.29 is 0 Å². The molecule has 1 N–H and O–H groups in total. The fourth-order valence-corrected chi connectivity index (χ4v) is 4.01. The Labute approximate surface area is 184 Å². The van der Waals surface area contributed by atoms with E-state index in [0.29, 0.717) is 12.0 Å². The van der Waals surface area contributed by atoms with Crippen molar-refractivity contribution in [1.29, 1.82) is 0 Å². The Morgan fingerprint density at radius 1 is 1.33 bits per heavy atom. The van der Waals surface area contributed by atoms with Crippen LogP contribution in [0.5, 0.6) is 0 Å². The van der Waals surface area contributed by atoms with Crippen LogP contribution in [0.2, 0.25) is 0 Å². The van der Waals surface area contributed by atoms with Crippen LogP contribution in [-0.4, -0.2) is 60.3 Å². The number of aryl methyl sites for hydroxylation is 1. The molecule has 0 aliphatic rings. The first kappa shape index (κ1) is 23.9. The number of hydrogen-bond donors (Lipinski definition) is 1. The van der Waals surface area contributed by atoms with Crippen LogP contribution in [0.4, 0.5) is 0 Å². The molecule has 0 saturated heterocycles. The van der Waals surface area contributed by atoms with Crippen molar-refractivity contribution in [3.63, 3.8) is 0 Å². The Kier molecular flexibility index (Phi) is 9.75. The SMILES string of the molecule is CN=C(NCC(c1cccs1)N(C)C)N(C)Cc1cn(C)nc1C(C)C.I. The molecule has 0 aromatic carbocycles. The number of guanidine groups is 1. The first-order chi connectivity index (χ1) is 12.3. The maximum Gasteiger partial charge on any atom is 0.193 e. The second-order valence-electron chi connectivity index (χ2n) is 7.15. The molecule has 6 nitrogen and oxygen atoms in total. The quantitative estimate of drug-likeness (QED) is 0.356. The van der Waals surface area contributed by atoms with Crippen LogP contribution < -0.4 is 5.32 Å². The second-order valence-corrected chi connectivity index (χ2v) is 8.13. The number of hydrogen-bond acceptors (Lipinski definition) is 4. The molecule has 2 heterocycles. The van der Waals surface area contributed by atoms with Gasteiger partial charge in [0, 0.05) is 50.9 Å². The van der Waals surface area contributed by atoms with E-state index < -0.39 is 0 Å². The zero-order chi connectivity index (χ0) is 19.3. The third-order valence-corrected chi connectivity index (χ3v) is 5.39. The number of likely N-dealkylation sites (N-methyl/N-ethyl adjacent to an activating group) is 1. The lowest BCUT2D eigenvalue weighted by molar-refractivity contribution is 0.299. The summed E-state index contributed by atoms with van der Waals surface area (Å²) < 4.78 is 1.90. The van der Waals surface area contributed by atoms with E-state index in [9.17, 15) is 0 Å². The molecule has 8 heteroatoms. The van der Waals surface area contributed by atoms with Gasteiger partial charge in [-0.25, -0.2) is 0 Å². The molecule has 2 rings (SSSR count). The van der Waals surface area contributed by atoms with Crippen molar-refractivity contribution in [1.82, 2.24) is 24.9 Å². The van der Waals surface area contributed by atoms with Gasteiger partial charge in [-0.3, -0.25) is 9.67 Å². The molecular formula is C19H33IN6S. The average molecular weight is 504 g/mol. The normalized spacial score (nSPS) is 13.0. The lowest BCUT2D eigenvalue weighted by Crippen LogP contribution is -2.42. The van der Waals surface area contributed by atoms with Crippen molar-refractivity contribution in [3.05, 3.63) is 39.8 Å². The van der Waals surface area contributed by atoms with Crippen LogP contribution >= 0.6 is 35.3 Å². The summed E-state index contributed by atoms with van der Waals surface area (Å²) in [6.07, 6.45) is 2.10. The molecule has 0 aliphatic carbocycles. The molecule has 0 saturated carbocycles. The minimum absolute atomic E-state index is 0. The third kappa shape index (κ3) is 6.46. The van der Waals surface area contributed by atoms with E-state index in [1.54, 1.807) is 11.3 Å². The molecule has 152 valence electrons. The molecule has 27 heavy (non-hydrogen) atoms. The van der Waals surface area contributed by atoms with E-state index in [1.165, 1.54) is 10.4 Å². The minimum atomic E-state index is 0. The van der Waals surface area contributed by atoms with Gasteiger partial charge in [-0.15, -0.1) is 35.3 Å². The lowest BCUT2D eigenvalue weighted by atomic mass is 10.1. The molecule has 0 radical (unpaired) electrons. The van der Waals surface area contributed by atoms with E-state index in [4.69, 9.17) is 0 Å². The van der Waals surface area contributed by atoms with Crippen LogP contribution in [0.15, 0.2) is 28.7 Å². The van der Waals surface area contributed by atoms with Gasteiger partial charge in [-0.2, -0.15) is 5.10 Å². The Balaban J connectivity index is 0.00000364. The summed E-state index contributed by atoms with van der Waals surface area (Å²) in [7, 11) is 10.1. The fraction of sp³-hybridized carbons (Fsp3) is 0.579. The first-order valence-corrected chi connectivity index (χ1v) is 9.85. The average Bonchev–Trinajstić information content (AvgIpc) is 3.21. The summed E-state index contributed by atoms with van der Waals surface area (Å²) in [4.78, 5) is 10.2. The van der Waals surface area contributed by atoms with E-state index in [0.717, 1.165) is 24.7 Å². The number of aromatic nitrogens is 2. The van der Waals surface area contributed by atoms with Gasteiger partial charge in [0.05, 0.1) is 11.7 Å². The summed E-state index contributed by atoms with van der Waals surface area (Å²) in [5.74, 6) is 1.30. The molecule has 0 aliphatic heterocycles. The van der Waals surface area contributed by atoms with Gasteiger partial charge in [-0.1, -0.05) is 19.9 Å². The zero-order valence-electron chi connectivity index (χ0n) is 17.4. The standard InChI is InChI=1S/C19H32N6S.HI/c1-14(2)18-15(13-25(7)22-18)12-24(6)19(20-3)21-11-16(23(4)5)17-9-8-10-26-17;/h8-10,13-14,16H,11-12H2,1-7H3,(H,20,21);1H. The molecular weight excluding hydrogens is 471 g/mol. The zero-order valence-corrected chi connectivity index (χ0v) is 20.6. The van der Waals surface area contributed by atoms with Gasteiger partial charge >= 0.3 is 0 Å². The molecule has 0 spiro atoms. The number of thiophene rings is 1. The molecule has 0 bridgehead atoms. The van der Waals surface area contributed by atoms with Gasteiger partial charge in [-0.05, 0) is 31.5 Å². The molecule has 2 aromatic heterocycles. The summed E-state index contributed by atoms with van der Waals surface area (Å²) in [5.41, 5.74) is 2.40. The van der Waals surface area contributed by atoms with Crippen LogP contribution in [0.1, 0.15) is 41.9 Å². The number of halogens is 1. The monoisotopic (exact) mass is 504 g/mol. The van der Waals surface area contributed by atoms with Crippen LogP contribution in [0, 0.1) is 0 Å². The van der Waals surface area contributed by atoms with Crippen LogP contribution in [0.3, 0.4) is 0 Å².